The van der Waals surface area contributed by atoms with Crippen LogP contribution >= 0.6 is 0 Å². The number of benzene rings is 1. The van der Waals surface area contributed by atoms with E-state index in [0.29, 0.717) is 17.9 Å². The first-order chi connectivity index (χ1) is 8.74. The zero-order valence-corrected chi connectivity index (χ0v) is 9.74. The maximum atomic E-state index is 11.4. The monoisotopic (exact) mass is 245 g/mol. The van der Waals surface area contributed by atoms with Gasteiger partial charge in [-0.3, -0.25) is 0 Å². The first-order valence-corrected chi connectivity index (χ1v) is 5.42. The number of esters is 1. The zero-order chi connectivity index (χ0) is 13.0. The molecule has 0 saturated carbocycles. The number of hydrogen-bond donors (Lipinski definition) is 0. The number of nitrogens with zero attached hydrogens (tertiary/aromatic N) is 3. The van der Waals surface area contributed by atoms with Crippen molar-refractivity contribution in [2.75, 3.05) is 0 Å². The van der Waals surface area contributed by atoms with E-state index in [1.54, 1.807) is 31.2 Å². The van der Waals surface area contributed by atoms with E-state index < -0.39 is 12.2 Å². The SMILES string of the molecule is CC=CC(=O)Oc1cccc2c1CC(N=[N+]=[N-])O2. The molecule has 92 valence electrons. The van der Waals surface area contributed by atoms with E-state index >= 15 is 0 Å². The molecule has 0 saturated heterocycles. The highest BCUT2D eigenvalue weighted by Gasteiger charge is 2.25. The predicted octanol–water partition coefficient (Wildman–Crippen LogP) is 2.74. The molecule has 0 aliphatic carbocycles. The molecule has 0 fully saturated rings. The highest BCUT2D eigenvalue weighted by Crippen LogP contribution is 2.36. The van der Waals surface area contributed by atoms with E-state index in [1.165, 1.54) is 6.08 Å². The molecule has 2 rings (SSSR count). The molecule has 1 aromatic rings. The molecule has 6 nitrogen and oxygen atoms in total. The number of allylic oxidation sites excluding steroid dienone is 1. The summed E-state index contributed by atoms with van der Waals surface area (Å²) in [6.07, 6.45) is 2.76. The highest BCUT2D eigenvalue weighted by molar-refractivity contribution is 5.84. The fourth-order valence-corrected chi connectivity index (χ4v) is 1.72. The molecule has 0 amide bonds. The Morgan fingerprint density at radius 1 is 1.67 bits per heavy atom. The smallest absolute Gasteiger partial charge is 0.335 e. The summed E-state index contributed by atoms with van der Waals surface area (Å²) in [5.74, 6) is 0.572. The van der Waals surface area contributed by atoms with Gasteiger partial charge in [0.1, 0.15) is 11.5 Å². The van der Waals surface area contributed by atoms with Crippen LogP contribution in [0.2, 0.25) is 0 Å². The third-order valence-corrected chi connectivity index (χ3v) is 2.43. The van der Waals surface area contributed by atoms with Crippen molar-refractivity contribution < 1.29 is 14.3 Å². The van der Waals surface area contributed by atoms with E-state index in [4.69, 9.17) is 15.0 Å². The maximum Gasteiger partial charge on any atom is 0.335 e. The highest BCUT2D eigenvalue weighted by atomic mass is 16.5. The Bertz CT molecular complexity index is 547. The second-order valence-corrected chi connectivity index (χ2v) is 3.64. The minimum atomic E-state index is -0.577. The second-order valence-electron chi connectivity index (χ2n) is 3.64. The molecule has 0 aromatic heterocycles. The minimum absolute atomic E-state index is 0.401. The molecule has 1 aliphatic rings. The van der Waals surface area contributed by atoms with Crippen LogP contribution in [-0.4, -0.2) is 12.2 Å². The van der Waals surface area contributed by atoms with Crippen LogP contribution in [0.3, 0.4) is 0 Å². The van der Waals surface area contributed by atoms with Gasteiger partial charge in [0, 0.05) is 23.0 Å². The average Bonchev–Trinajstić information content (AvgIpc) is 2.73. The number of fused-ring (bicyclic) bond motifs is 1. The van der Waals surface area contributed by atoms with E-state index in [9.17, 15) is 4.79 Å². The van der Waals surface area contributed by atoms with Gasteiger partial charge in [0.2, 0.25) is 0 Å². The van der Waals surface area contributed by atoms with Gasteiger partial charge in [-0.2, -0.15) is 0 Å². The topological polar surface area (TPSA) is 84.3 Å². The minimum Gasteiger partial charge on any atom is -0.484 e. The standard InChI is InChI=1S/C12H11N3O3/c1-2-4-12(16)18-10-6-3-5-9-8(10)7-11(17-9)14-15-13/h2-6,11H,7H2,1H3. The summed E-state index contributed by atoms with van der Waals surface area (Å²) in [7, 11) is 0. The molecule has 6 heteroatoms. The van der Waals surface area contributed by atoms with Crippen LogP contribution in [0.5, 0.6) is 11.5 Å². The normalized spacial score (nSPS) is 16.8. The van der Waals surface area contributed by atoms with Crippen LogP contribution in [0.1, 0.15) is 12.5 Å². The van der Waals surface area contributed by atoms with Crippen molar-refractivity contribution in [2.24, 2.45) is 5.11 Å². The average molecular weight is 245 g/mol. The van der Waals surface area contributed by atoms with Crippen molar-refractivity contribution in [1.82, 2.24) is 0 Å². The lowest BCUT2D eigenvalue weighted by atomic mass is 10.1. The van der Waals surface area contributed by atoms with E-state index in [0.717, 1.165) is 5.56 Å². The van der Waals surface area contributed by atoms with Gasteiger partial charge < -0.3 is 9.47 Å². The van der Waals surface area contributed by atoms with E-state index in [2.05, 4.69) is 10.0 Å². The summed E-state index contributed by atoms with van der Waals surface area (Å²) in [5.41, 5.74) is 9.12. The summed E-state index contributed by atoms with van der Waals surface area (Å²) in [6, 6.07) is 5.15. The number of ether oxygens (including phenoxy) is 2. The van der Waals surface area contributed by atoms with Crippen molar-refractivity contribution >= 4 is 5.97 Å². The third-order valence-electron chi connectivity index (χ3n) is 2.43. The first kappa shape index (κ1) is 12.0. The summed E-state index contributed by atoms with van der Waals surface area (Å²) in [4.78, 5) is 14.1. The Labute approximate surface area is 103 Å². The van der Waals surface area contributed by atoms with Crippen LogP contribution in [0.4, 0.5) is 0 Å². The van der Waals surface area contributed by atoms with Crippen molar-refractivity contribution in [3.8, 4) is 11.5 Å². The Hall–Kier alpha value is -2.46. The van der Waals surface area contributed by atoms with Gasteiger partial charge in [-0.15, -0.1) is 0 Å². The molecule has 1 aromatic carbocycles. The van der Waals surface area contributed by atoms with Crippen molar-refractivity contribution in [3.05, 3.63) is 46.4 Å². The lowest BCUT2D eigenvalue weighted by molar-refractivity contribution is -0.129. The predicted molar refractivity (Wildman–Crippen MR) is 64.2 cm³/mol. The lowest BCUT2D eigenvalue weighted by Gasteiger charge is -2.05. The molecule has 0 spiro atoms. The fraction of sp³-hybridized carbons (Fsp3) is 0.250. The summed E-state index contributed by atoms with van der Waals surface area (Å²) in [6.45, 7) is 1.73. The van der Waals surface area contributed by atoms with Crippen LogP contribution in [-0.2, 0) is 11.2 Å². The first-order valence-electron chi connectivity index (χ1n) is 5.42. The number of rotatable bonds is 3. The second kappa shape index (κ2) is 5.25. The Kier molecular flexibility index (Phi) is 3.50. The van der Waals surface area contributed by atoms with Gasteiger partial charge >= 0.3 is 5.97 Å². The number of carbonyl (C=O) groups is 1. The van der Waals surface area contributed by atoms with E-state index in [1.807, 2.05) is 0 Å². The van der Waals surface area contributed by atoms with Crippen LogP contribution in [0.25, 0.3) is 10.4 Å². The molecule has 1 aliphatic heterocycles. The zero-order valence-electron chi connectivity index (χ0n) is 9.74. The van der Waals surface area contributed by atoms with Gasteiger partial charge in [0.25, 0.3) is 0 Å². The summed E-state index contributed by atoms with van der Waals surface area (Å²) < 4.78 is 10.6. The molecule has 1 heterocycles. The number of azide groups is 1. The molecule has 1 unspecified atom stereocenters. The van der Waals surface area contributed by atoms with E-state index in [-0.39, 0.29) is 0 Å². The molecular formula is C12H11N3O3. The van der Waals surface area contributed by atoms with Crippen LogP contribution < -0.4 is 9.47 Å². The largest absolute Gasteiger partial charge is 0.484 e. The molecular weight excluding hydrogens is 234 g/mol. The molecule has 0 N–H and O–H groups in total. The third kappa shape index (κ3) is 2.44. The molecule has 1 atom stereocenters. The maximum absolute atomic E-state index is 11.4. The van der Waals surface area contributed by atoms with Crippen molar-refractivity contribution in [3.63, 3.8) is 0 Å². The summed E-state index contributed by atoms with van der Waals surface area (Å²) >= 11 is 0. The fourth-order valence-electron chi connectivity index (χ4n) is 1.72. The van der Waals surface area contributed by atoms with Crippen molar-refractivity contribution in [2.45, 2.75) is 19.6 Å². The molecule has 0 radical (unpaired) electrons. The van der Waals surface area contributed by atoms with Gasteiger partial charge in [0.05, 0.1) is 0 Å². The van der Waals surface area contributed by atoms with Gasteiger partial charge in [-0.05, 0) is 29.7 Å². The number of hydrogen-bond acceptors (Lipinski definition) is 4. The Morgan fingerprint density at radius 3 is 3.22 bits per heavy atom. The lowest BCUT2D eigenvalue weighted by Crippen LogP contribution is -2.08. The molecule has 0 bridgehead atoms. The Balaban J connectivity index is 2.23. The summed E-state index contributed by atoms with van der Waals surface area (Å²) in [5, 5.41) is 3.50. The Morgan fingerprint density at radius 2 is 2.50 bits per heavy atom. The molecule has 18 heavy (non-hydrogen) atoms. The van der Waals surface area contributed by atoms with Crippen LogP contribution in [0, 0.1) is 0 Å². The van der Waals surface area contributed by atoms with Crippen LogP contribution in [0.15, 0.2) is 35.5 Å². The van der Waals surface area contributed by atoms with Gasteiger partial charge in [-0.25, -0.2) is 4.79 Å². The van der Waals surface area contributed by atoms with Crippen molar-refractivity contribution in [1.29, 1.82) is 0 Å². The number of carbonyl (C=O) groups excluding carboxylic acids is 1. The van der Waals surface area contributed by atoms with Gasteiger partial charge in [-0.1, -0.05) is 12.1 Å². The quantitative estimate of drug-likeness (QED) is 0.205. The van der Waals surface area contributed by atoms with Gasteiger partial charge in [0.15, 0.2) is 6.23 Å².